The second kappa shape index (κ2) is 21.1. The minimum absolute atomic E-state index is 0.195. The van der Waals surface area contributed by atoms with Crippen molar-refractivity contribution in [3.05, 3.63) is 0 Å². The maximum atomic E-state index is 9.64. The molecule has 0 aromatic rings. The van der Waals surface area contributed by atoms with Gasteiger partial charge < -0.3 is 30.6 Å². The largest absolute Gasteiger partial charge is 0.481 e. The first kappa shape index (κ1) is 24.8. The average Bonchev–Trinajstić information content (AvgIpc) is 2.42. The normalized spacial score (nSPS) is 9.24. The van der Waals surface area contributed by atoms with Gasteiger partial charge in [0.25, 0.3) is 0 Å². The molecule has 0 spiro atoms. The van der Waals surface area contributed by atoms with Crippen molar-refractivity contribution in [2.45, 2.75) is 58.2 Å². The lowest BCUT2D eigenvalue weighted by molar-refractivity contribution is -0.143. The number of aliphatic carboxylic acids is 2. The number of carboxylic acids is 2. The predicted octanol–water partition coefficient (Wildman–Crippen LogP) is 0.174. The first-order valence-electron chi connectivity index (χ1n) is 6.83. The highest BCUT2D eigenvalue weighted by Gasteiger charge is 2.00. The Balaban J connectivity index is -0.000000234. The molecule has 0 amide bonds. The van der Waals surface area contributed by atoms with Gasteiger partial charge in [-0.25, -0.2) is 0 Å². The molecular weight excluding hydrogens is 284 g/mol. The van der Waals surface area contributed by atoms with Gasteiger partial charge in [-0.05, 0) is 25.7 Å². The molecule has 0 bridgehead atoms. The zero-order chi connectivity index (χ0) is 17.1. The van der Waals surface area contributed by atoms with Gasteiger partial charge >= 0.3 is 11.9 Å². The molecule has 0 aromatic heterocycles. The van der Waals surface area contributed by atoms with E-state index in [1.807, 2.05) is 6.92 Å². The molecule has 0 saturated carbocycles. The topological polar surface area (TPSA) is 156 Å². The summed E-state index contributed by atoms with van der Waals surface area (Å²) in [5, 5.41) is 48.4. The minimum atomic E-state index is -1.10. The maximum Gasteiger partial charge on any atom is 0.303 e. The predicted molar refractivity (Wildman–Crippen MR) is 75.7 cm³/mol. The van der Waals surface area contributed by atoms with E-state index in [1.54, 1.807) is 0 Å². The third-order valence-electron chi connectivity index (χ3n) is 1.93. The van der Waals surface area contributed by atoms with Crippen LogP contribution in [0.1, 0.15) is 51.9 Å². The Labute approximate surface area is 124 Å². The summed E-state index contributed by atoms with van der Waals surface area (Å²) in [5.41, 5.74) is 0. The van der Waals surface area contributed by atoms with E-state index in [2.05, 4.69) is 0 Å². The molecule has 0 atom stereocenters. The third-order valence-corrected chi connectivity index (χ3v) is 1.93. The highest BCUT2D eigenvalue weighted by Crippen LogP contribution is 1.95. The van der Waals surface area contributed by atoms with Crippen LogP contribution in [0.15, 0.2) is 0 Å². The Bertz CT molecular complexity index is 212. The van der Waals surface area contributed by atoms with Crippen LogP contribution in [0.5, 0.6) is 0 Å². The number of hydrogen-bond donors (Lipinski definition) is 6. The molecule has 21 heavy (non-hydrogen) atoms. The van der Waals surface area contributed by atoms with Crippen molar-refractivity contribution in [1.29, 1.82) is 0 Å². The van der Waals surface area contributed by atoms with Gasteiger partial charge in [-0.1, -0.05) is 13.3 Å². The highest BCUT2D eigenvalue weighted by molar-refractivity contribution is 5.75. The first-order chi connectivity index (χ1) is 9.81. The van der Waals surface area contributed by atoms with Crippen LogP contribution in [0.2, 0.25) is 0 Å². The van der Waals surface area contributed by atoms with Crippen molar-refractivity contribution in [2.24, 2.45) is 0 Å². The van der Waals surface area contributed by atoms with E-state index in [1.165, 1.54) is 0 Å². The summed E-state index contributed by atoms with van der Waals surface area (Å²) in [6.07, 6.45) is 2.18. The number of unbranched alkanes of at least 4 members (excludes halogenated alkanes) is 2. The van der Waals surface area contributed by atoms with E-state index in [9.17, 15) is 9.59 Å². The molecule has 8 nitrogen and oxygen atoms in total. The van der Waals surface area contributed by atoms with Crippen molar-refractivity contribution in [2.75, 3.05) is 13.2 Å². The summed E-state index contributed by atoms with van der Waals surface area (Å²) < 4.78 is 0. The van der Waals surface area contributed by atoms with Crippen LogP contribution in [0.4, 0.5) is 0 Å². The van der Waals surface area contributed by atoms with E-state index in [0.717, 1.165) is 25.7 Å². The number of hydrogen-bond acceptors (Lipinski definition) is 6. The summed E-state index contributed by atoms with van der Waals surface area (Å²) in [6.45, 7) is 2.41. The van der Waals surface area contributed by atoms with Gasteiger partial charge in [-0.3, -0.25) is 9.59 Å². The van der Waals surface area contributed by atoms with Crippen LogP contribution in [-0.4, -0.2) is 62.1 Å². The molecule has 0 saturated heterocycles. The van der Waals surface area contributed by atoms with Crippen molar-refractivity contribution < 1.29 is 40.2 Å². The fourth-order valence-corrected chi connectivity index (χ4v) is 0.824. The number of carboxylic acid groups (broad SMARTS) is 2. The fourth-order valence-electron chi connectivity index (χ4n) is 0.824. The van der Waals surface area contributed by atoms with Gasteiger partial charge in [0.15, 0.2) is 6.29 Å². The van der Waals surface area contributed by atoms with E-state index in [4.69, 9.17) is 30.6 Å². The highest BCUT2D eigenvalue weighted by atomic mass is 16.5. The molecule has 0 aliphatic heterocycles. The monoisotopic (exact) mass is 312 g/mol. The molecule has 0 aromatic carbocycles. The minimum Gasteiger partial charge on any atom is -0.481 e. The Morgan fingerprint density at radius 2 is 1.24 bits per heavy atom. The van der Waals surface area contributed by atoms with Crippen molar-refractivity contribution in [1.82, 2.24) is 0 Å². The summed E-state index contributed by atoms with van der Waals surface area (Å²) in [7, 11) is 0. The second-order valence-corrected chi connectivity index (χ2v) is 4.06. The van der Waals surface area contributed by atoms with Crippen LogP contribution in [-0.2, 0) is 9.59 Å². The van der Waals surface area contributed by atoms with Crippen LogP contribution < -0.4 is 0 Å². The maximum absolute atomic E-state index is 9.64. The van der Waals surface area contributed by atoms with Crippen LogP contribution in [0.3, 0.4) is 0 Å². The van der Waals surface area contributed by atoms with E-state index >= 15 is 0 Å². The molecule has 6 N–H and O–H groups in total. The fraction of sp³-hybridized carbons (Fsp3) is 0.846. The van der Waals surface area contributed by atoms with E-state index in [-0.39, 0.29) is 26.1 Å². The molecule has 0 aliphatic rings. The molecule has 0 radical (unpaired) electrons. The molecule has 128 valence electrons. The quantitative estimate of drug-likeness (QED) is 0.260. The molecular formula is C13H28O8. The van der Waals surface area contributed by atoms with Gasteiger partial charge in [0, 0.05) is 13.2 Å². The number of aliphatic hydroxyl groups is 4. The molecule has 0 unspecified atom stereocenters. The second-order valence-electron chi connectivity index (χ2n) is 4.06. The van der Waals surface area contributed by atoms with Crippen LogP contribution >= 0.6 is 0 Å². The van der Waals surface area contributed by atoms with E-state index in [0.29, 0.717) is 6.42 Å². The molecule has 0 rings (SSSR count). The van der Waals surface area contributed by atoms with Gasteiger partial charge in [0.2, 0.25) is 0 Å². The van der Waals surface area contributed by atoms with Gasteiger partial charge in [0.1, 0.15) is 0 Å². The average molecular weight is 312 g/mol. The lowest BCUT2D eigenvalue weighted by atomic mass is 10.2. The third kappa shape index (κ3) is 45.5. The zero-order valence-electron chi connectivity index (χ0n) is 12.4. The number of carbonyl (C=O) groups is 2. The molecule has 8 heteroatoms. The number of rotatable bonds is 9. The Hall–Kier alpha value is -1.22. The zero-order valence-corrected chi connectivity index (χ0v) is 12.4. The standard InChI is InChI=1S/C5H12O2.C4H6O4.C4H10O2/c1-2-3-4-5(6)7;5-3(6)1-2-4(7)8;5-3-1-2-4-6/h5-7H,2-4H2,1H3;1-2H2,(H,5,6)(H,7,8);5-6H,1-4H2. The van der Waals surface area contributed by atoms with Gasteiger partial charge in [0.05, 0.1) is 12.8 Å². The summed E-state index contributed by atoms with van der Waals surface area (Å²) in [6, 6.07) is 0. The summed E-state index contributed by atoms with van der Waals surface area (Å²) in [4.78, 5) is 19.3. The van der Waals surface area contributed by atoms with Gasteiger partial charge in [-0.2, -0.15) is 0 Å². The first-order valence-corrected chi connectivity index (χ1v) is 6.83. The Kier molecular flexibility index (Phi) is 24.9. The van der Waals surface area contributed by atoms with E-state index < -0.39 is 18.2 Å². The van der Waals surface area contributed by atoms with Crippen molar-refractivity contribution in [3.8, 4) is 0 Å². The van der Waals surface area contributed by atoms with Crippen molar-refractivity contribution >= 4 is 11.9 Å². The SMILES string of the molecule is CCCCC(O)O.O=C(O)CCC(=O)O.OCCCCO. The van der Waals surface area contributed by atoms with Crippen LogP contribution in [0.25, 0.3) is 0 Å². The van der Waals surface area contributed by atoms with Gasteiger partial charge in [-0.15, -0.1) is 0 Å². The molecule has 0 aliphatic carbocycles. The Morgan fingerprint density at radius 1 is 0.857 bits per heavy atom. The summed E-state index contributed by atoms with van der Waals surface area (Å²) >= 11 is 0. The summed E-state index contributed by atoms with van der Waals surface area (Å²) in [5.74, 6) is -2.15. The van der Waals surface area contributed by atoms with Crippen molar-refractivity contribution in [3.63, 3.8) is 0 Å². The smallest absolute Gasteiger partial charge is 0.303 e. The lowest BCUT2D eigenvalue weighted by Crippen LogP contribution is -2.02. The molecule has 0 fully saturated rings. The molecule has 0 heterocycles. The van der Waals surface area contributed by atoms with Crippen LogP contribution in [0, 0.1) is 0 Å². The lowest BCUT2D eigenvalue weighted by Gasteiger charge is -1.97. The Morgan fingerprint density at radius 3 is 1.38 bits per heavy atom. The number of aliphatic hydroxyl groups excluding tert-OH is 3.